The first-order valence-corrected chi connectivity index (χ1v) is 12.5. The van der Waals surface area contributed by atoms with E-state index in [1.165, 1.54) is 16.7 Å². The molecule has 1 heterocycles. The molecule has 2 amide bonds. The minimum atomic E-state index is -1.28. The molecule has 5 nitrogen and oxygen atoms in total. The van der Waals surface area contributed by atoms with Crippen molar-refractivity contribution < 1.29 is 19.1 Å². The topological polar surface area (TPSA) is 55.8 Å². The van der Waals surface area contributed by atoms with Gasteiger partial charge in [-0.1, -0.05) is 31.4 Å². The van der Waals surface area contributed by atoms with Crippen LogP contribution >= 0.6 is 24.0 Å². The second-order valence-corrected chi connectivity index (χ2v) is 13.8. The van der Waals surface area contributed by atoms with E-state index in [9.17, 15) is 9.59 Å². The molecule has 0 aromatic heterocycles. The number of thiocarbonyl (C=S) groups is 1. The van der Waals surface area contributed by atoms with Crippen molar-refractivity contribution in [2.45, 2.75) is 50.7 Å². The van der Waals surface area contributed by atoms with Crippen molar-refractivity contribution in [2.75, 3.05) is 19.8 Å². The Bertz CT molecular complexity index is 426. The molecule has 0 N–H and O–H groups in total. The molecule has 0 spiro atoms. The molecule has 22 heavy (non-hydrogen) atoms. The van der Waals surface area contributed by atoms with E-state index >= 15 is 0 Å². The van der Waals surface area contributed by atoms with E-state index in [2.05, 4.69) is 19.6 Å². The van der Waals surface area contributed by atoms with Gasteiger partial charge in [-0.2, -0.15) is 0 Å². The monoisotopic (exact) mass is 363 g/mol. The number of ether oxygens (including phenoxy) is 2. The van der Waals surface area contributed by atoms with Gasteiger partial charge in [0.1, 0.15) is 6.61 Å². The SMILES string of the molecule is CCOC(=S)SC(CCC(=O)N1CCOC1=O)C[Si](C)(C)C. The van der Waals surface area contributed by atoms with Crippen molar-refractivity contribution in [3.05, 3.63) is 0 Å². The van der Waals surface area contributed by atoms with Gasteiger partial charge in [-0.3, -0.25) is 4.79 Å². The fraction of sp³-hybridized carbons (Fsp3) is 0.786. The van der Waals surface area contributed by atoms with Gasteiger partial charge in [0.2, 0.25) is 10.3 Å². The average molecular weight is 364 g/mol. The molecule has 126 valence electrons. The van der Waals surface area contributed by atoms with Gasteiger partial charge in [-0.15, -0.1) is 0 Å². The molecule has 1 saturated heterocycles. The summed E-state index contributed by atoms with van der Waals surface area (Å²) in [6.45, 7) is 10.0. The Kier molecular flexibility index (Phi) is 7.85. The van der Waals surface area contributed by atoms with Crippen molar-refractivity contribution in [3.63, 3.8) is 0 Å². The molecular weight excluding hydrogens is 338 g/mol. The molecule has 0 bridgehead atoms. The normalized spacial score (nSPS) is 16.4. The predicted octanol–water partition coefficient (Wildman–Crippen LogP) is 3.51. The molecule has 0 aromatic carbocycles. The quantitative estimate of drug-likeness (QED) is 0.510. The average Bonchev–Trinajstić information content (AvgIpc) is 2.80. The van der Waals surface area contributed by atoms with Crippen LogP contribution in [0.5, 0.6) is 0 Å². The van der Waals surface area contributed by atoms with Gasteiger partial charge in [0, 0.05) is 19.7 Å². The summed E-state index contributed by atoms with van der Waals surface area (Å²) in [7, 11) is -1.28. The summed E-state index contributed by atoms with van der Waals surface area (Å²) in [4.78, 5) is 24.7. The fourth-order valence-corrected chi connectivity index (χ4v) is 6.84. The lowest BCUT2D eigenvalue weighted by Gasteiger charge is -2.24. The van der Waals surface area contributed by atoms with Gasteiger partial charge in [0.25, 0.3) is 0 Å². The zero-order chi connectivity index (χ0) is 16.8. The first-order valence-electron chi connectivity index (χ1n) is 7.53. The Labute approximate surface area is 143 Å². The molecule has 1 aliphatic heterocycles. The summed E-state index contributed by atoms with van der Waals surface area (Å²) in [5.74, 6) is -0.161. The van der Waals surface area contributed by atoms with E-state index in [1.54, 1.807) is 0 Å². The Balaban J connectivity index is 2.54. The fourth-order valence-electron chi connectivity index (χ4n) is 2.21. The second kappa shape index (κ2) is 8.88. The summed E-state index contributed by atoms with van der Waals surface area (Å²) in [6, 6.07) is 1.06. The molecular formula is C14H25NO4S2Si. The molecule has 1 fully saturated rings. The number of amides is 2. The summed E-state index contributed by atoms with van der Waals surface area (Å²) in [6.07, 6.45) is 0.515. The van der Waals surface area contributed by atoms with Crippen LogP contribution < -0.4 is 0 Å². The molecule has 0 radical (unpaired) electrons. The standard InChI is InChI=1S/C14H25NO4S2Si/c1-5-18-14(20)21-11(10-22(2,3)4)6-7-12(16)15-8-9-19-13(15)17/h11H,5-10H2,1-4H3. The maximum atomic E-state index is 12.1. The predicted molar refractivity (Wildman–Crippen MR) is 96.1 cm³/mol. The van der Waals surface area contributed by atoms with Crippen LogP contribution in [0.3, 0.4) is 0 Å². The molecule has 1 aliphatic rings. The number of cyclic esters (lactones) is 1. The number of hydrogen-bond acceptors (Lipinski definition) is 6. The first kappa shape index (κ1) is 19.4. The molecule has 0 aromatic rings. The lowest BCUT2D eigenvalue weighted by molar-refractivity contribution is -0.127. The number of carbonyl (C=O) groups is 2. The van der Waals surface area contributed by atoms with E-state index in [0.29, 0.717) is 37.0 Å². The number of nitrogens with zero attached hydrogens (tertiary/aromatic N) is 1. The molecule has 1 unspecified atom stereocenters. The van der Waals surface area contributed by atoms with Gasteiger partial charge in [0.05, 0.1) is 13.2 Å². The molecule has 0 saturated carbocycles. The van der Waals surface area contributed by atoms with Gasteiger partial charge in [-0.05, 0) is 31.6 Å². The Morgan fingerprint density at radius 2 is 2.18 bits per heavy atom. The zero-order valence-electron chi connectivity index (χ0n) is 13.7. The Morgan fingerprint density at radius 3 is 2.68 bits per heavy atom. The molecule has 1 atom stereocenters. The van der Waals surface area contributed by atoms with Crippen molar-refractivity contribution >= 4 is 48.4 Å². The van der Waals surface area contributed by atoms with Gasteiger partial charge < -0.3 is 9.47 Å². The molecule has 1 rings (SSSR count). The maximum Gasteiger partial charge on any atom is 0.416 e. The smallest absolute Gasteiger partial charge is 0.416 e. The third-order valence-electron chi connectivity index (χ3n) is 3.11. The highest BCUT2D eigenvalue weighted by Gasteiger charge is 2.29. The lowest BCUT2D eigenvalue weighted by Crippen LogP contribution is -2.33. The maximum absolute atomic E-state index is 12.1. The van der Waals surface area contributed by atoms with Gasteiger partial charge in [-0.25, -0.2) is 9.69 Å². The van der Waals surface area contributed by atoms with Gasteiger partial charge >= 0.3 is 6.09 Å². The summed E-state index contributed by atoms with van der Waals surface area (Å²) < 4.78 is 10.7. The lowest BCUT2D eigenvalue weighted by atomic mass is 10.2. The third kappa shape index (κ3) is 7.10. The van der Waals surface area contributed by atoms with Crippen LogP contribution in [0.25, 0.3) is 0 Å². The molecule has 8 heteroatoms. The zero-order valence-corrected chi connectivity index (χ0v) is 16.3. The largest absolute Gasteiger partial charge is 0.479 e. The van der Waals surface area contributed by atoms with Crippen LogP contribution in [0.4, 0.5) is 4.79 Å². The highest BCUT2D eigenvalue weighted by Crippen LogP contribution is 2.28. The molecule has 0 aliphatic carbocycles. The minimum Gasteiger partial charge on any atom is -0.479 e. The number of hydrogen-bond donors (Lipinski definition) is 0. The van der Waals surface area contributed by atoms with Crippen molar-refractivity contribution in [1.29, 1.82) is 0 Å². The van der Waals surface area contributed by atoms with Crippen LogP contribution in [0, 0.1) is 0 Å². The highest BCUT2D eigenvalue weighted by atomic mass is 32.2. The van der Waals surface area contributed by atoms with Crippen LogP contribution in [0.2, 0.25) is 25.7 Å². The van der Waals surface area contributed by atoms with Crippen LogP contribution in [-0.4, -0.2) is 54.4 Å². The van der Waals surface area contributed by atoms with E-state index in [1.807, 2.05) is 6.92 Å². The number of rotatable bonds is 7. The third-order valence-corrected chi connectivity index (χ3v) is 6.57. The Morgan fingerprint density at radius 1 is 1.50 bits per heavy atom. The number of carbonyl (C=O) groups excluding carboxylic acids is 2. The second-order valence-electron chi connectivity index (χ2n) is 6.39. The highest BCUT2D eigenvalue weighted by molar-refractivity contribution is 8.23. The van der Waals surface area contributed by atoms with Crippen molar-refractivity contribution in [2.24, 2.45) is 0 Å². The van der Waals surface area contributed by atoms with Crippen molar-refractivity contribution in [3.8, 4) is 0 Å². The van der Waals surface area contributed by atoms with E-state index in [-0.39, 0.29) is 11.2 Å². The first-order chi connectivity index (χ1) is 10.2. The van der Waals surface area contributed by atoms with Crippen LogP contribution in [0.15, 0.2) is 0 Å². The Hall–Kier alpha value is -0.603. The number of imide groups is 1. The van der Waals surface area contributed by atoms with E-state index in [4.69, 9.17) is 21.7 Å². The van der Waals surface area contributed by atoms with Gasteiger partial charge in [0.15, 0.2) is 0 Å². The summed E-state index contributed by atoms with van der Waals surface area (Å²) in [5.41, 5.74) is 0. The summed E-state index contributed by atoms with van der Waals surface area (Å²) in [5, 5.41) is 0.258. The van der Waals surface area contributed by atoms with Crippen LogP contribution in [-0.2, 0) is 14.3 Å². The number of thioether (sulfide) groups is 1. The van der Waals surface area contributed by atoms with Crippen LogP contribution in [0.1, 0.15) is 19.8 Å². The summed E-state index contributed by atoms with van der Waals surface area (Å²) >= 11 is 6.75. The van der Waals surface area contributed by atoms with Crippen molar-refractivity contribution in [1.82, 2.24) is 4.90 Å². The minimum absolute atomic E-state index is 0.161. The van der Waals surface area contributed by atoms with E-state index < -0.39 is 14.2 Å². The van der Waals surface area contributed by atoms with E-state index in [0.717, 1.165) is 6.04 Å².